The lowest BCUT2D eigenvalue weighted by atomic mass is 9.89. The standard InChI is InChI=1S/C32H36Cl2N4O2.C4H4O4/c1-21(39)35-31-25-10-6-7-11-29(25)36-30-15-17-38(20-26(30)31)16-14-24(23-12-13-27(33)28(34)18-23)19-37(2)32(40)22-8-4-3-5-9-22;5-3(6)1-2-4(7)8/h3-5,8-9,12-13,18,24H,6-7,10-11,14-17,19-20H2,1-2H3,(H,35,36,39);1-2H,(H,5,6)(H,7,8)/b;2-1-/t24-;/m1./s1. The highest BCUT2D eigenvalue weighted by atomic mass is 35.5. The summed E-state index contributed by atoms with van der Waals surface area (Å²) in [7, 11) is 1.85. The third kappa shape index (κ3) is 10.1. The van der Waals surface area contributed by atoms with Crippen LogP contribution in [0, 0.1) is 0 Å². The number of carboxylic acids is 2. The number of hydrogen-bond donors (Lipinski definition) is 3. The number of rotatable bonds is 10. The molecule has 48 heavy (non-hydrogen) atoms. The molecule has 1 aliphatic carbocycles. The van der Waals surface area contributed by atoms with E-state index >= 15 is 0 Å². The van der Waals surface area contributed by atoms with Gasteiger partial charge < -0.3 is 20.4 Å². The second-order valence-electron chi connectivity index (χ2n) is 12.0. The Labute approximate surface area is 290 Å². The lowest BCUT2D eigenvalue weighted by Gasteiger charge is -2.33. The first-order valence-electron chi connectivity index (χ1n) is 15.9. The third-order valence-corrected chi connectivity index (χ3v) is 9.19. The highest BCUT2D eigenvalue weighted by Crippen LogP contribution is 2.35. The van der Waals surface area contributed by atoms with Crippen LogP contribution in [0.2, 0.25) is 10.0 Å². The summed E-state index contributed by atoms with van der Waals surface area (Å²) in [4.78, 5) is 53.7. The summed E-state index contributed by atoms with van der Waals surface area (Å²) < 4.78 is 0. The SMILES string of the molecule is CC(=O)Nc1c2c(nc3c1CN(CC[C@H](CN(C)C(=O)c1ccccc1)c1ccc(Cl)c(Cl)c1)CC3)CCCC2.O=C(O)/C=C\C(=O)O. The highest BCUT2D eigenvalue weighted by molar-refractivity contribution is 6.42. The van der Waals surface area contributed by atoms with Crippen LogP contribution in [0.1, 0.15) is 70.5 Å². The minimum absolute atomic E-state index is 0.00615. The first-order valence-corrected chi connectivity index (χ1v) is 16.6. The maximum absolute atomic E-state index is 13.1. The Morgan fingerprint density at radius 1 is 0.938 bits per heavy atom. The van der Waals surface area contributed by atoms with Gasteiger partial charge in [-0.1, -0.05) is 47.5 Å². The molecule has 3 aromatic rings. The molecule has 12 heteroatoms. The molecule has 254 valence electrons. The Morgan fingerprint density at radius 3 is 2.25 bits per heavy atom. The number of carboxylic acid groups (broad SMARTS) is 2. The second kappa shape index (κ2) is 17.2. The van der Waals surface area contributed by atoms with Crippen LogP contribution < -0.4 is 5.32 Å². The van der Waals surface area contributed by atoms with Crippen LogP contribution >= 0.6 is 23.2 Å². The van der Waals surface area contributed by atoms with Crippen molar-refractivity contribution in [1.82, 2.24) is 14.8 Å². The molecule has 2 aromatic carbocycles. The van der Waals surface area contributed by atoms with Crippen molar-refractivity contribution < 1.29 is 29.4 Å². The molecule has 0 spiro atoms. The van der Waals surface area contributed by atoms with Gasteiger partial charge in [-0.15, -0.1) is 0 Å². The molecular weight excluding hydrogens is 655 g/mol. The third-order valence-electron chi connectivity index (χ3n) is 8.45. The van der Waals surface area contributed by atoms with E-state index in [9.17, 15) is 19.2 Å². The van der Waals surface area contributed by atoms with E-state index in [1.165, 1.54) is 5.56 Å². The van der Waals surface area contributed by atoms with Crippen molar-refractivity contribution >= 4 is 52.6 Å². The largest absolute Gasteiger partial charge is 0.478 e. The number of hydrogen-bond acceptors (Lipinski definition) is 6. The zero-order valence-corrected chi connectivity index (χ0v) is 28.6. The van der Waals surface area contributed by atoms with Crippen molar-refractivity contribution in [1.29, 1.82) is 0 Å². The molecule has 0 fully saturated rings. The van der Waals surface area contributed by atoms with Gasteiger partial charge in [-0.2, -0.15) is 0 Å². The normalized spacial score (nSPS) is 14.6. The molecule has 0 radical (unpaired) electrons. The van der Waals surface area contributed by atoms with E-state index < -0.39 is 11.9 Å². The van der Waals surface area contributed by atoms with E-state index in [1.807, 2.05) is 55.6 Å². The fourth-order valence-electron chi connectivity index (χ4n) is 6.13. The summed E-state index contributed by atoms with van der Waals surface area (Å²) in [6.07, 6.45) is 7.05. The Bertz CT molecular complexity index is 1660. The molecule has 1 aliphatic heterocycles. The smallest absolute Gasteiger partial charge is 0.328 e. The number of benzene rings is 2. The molecule has 0 saturated heterocycles. The number of aliphatic carboxylic acids is 2. The van der Waals surface area contributed by atoms with Gasteiger partial charge in [-0.05, 0) is 74.0 Å². The number of nitrogens with one attached hydrogen (secondary N) is 1. The van der Waals surface area contributed by atoms with Gasteiger partial charge in [0.1, 0.15) is 0 Å². The highest BCUT2D eigenvalue weighted by Gasteiger charge is 2.28. The van der Waals surface area contributed by atoms with Crippen molar-refractivity contribution in [3.05, 3.63) is 104 Å². The number of fused-ring (bicyclic) bond motifs is 2. The Morgan fingerprint density at radius 2 is 1.60 bits per heavy atom. The number of amides is 2. The monoisotopic (exact) mass is 694 g/mol. The number of halogens is 2. The molecule has 0 saturated carbocycles. The maximum atomic E-state index is 13.1. The zero-order valence-electron chi connectivity index (χ0n) is 27.0. The number of aryl methyl sites for hydroxylation is 1. The molecule has 2 heterocycles. The summed E-state index contributed by atoms with van der Waals surface area (Å²) in [5.41, 5.74) is 7.39. The first kappa shape index (κ1) is 36.6. The molecule has 2 amide bonds. The van der Waals surface area contributed by atoms with Crippen molar-refractivity contribution in [3.8, 4) is 0 Å². The average molecular weight is 696 g/mol. The molecule has 0 bridgehead atoms. The summed E-state index contributed by atoms with van der Waals surface area (Å²) >= 11 is 12.6. The number of nitrogens with zero attached hydrogens (tertiary/aromatic N) is 3. The molecule has 0 unspecified atom stereocenters. The number of pyridine rings is 1. The maximum Gasteiger partial charge on any atom is 0.328 e. The van der Waals surface area contributed by atoms with Gasteiger partial charge in [-0.3, -0.25) is 19.5 Å². The molecule has 2 aliphatic rings. The number of carbonyl (C=O) groups is 4. The van der Waals surface area contributed by atoms with Gasteiger partial charge in [0.2, 0.25) is 5.91 Å². The van der Waals surface area contributed by atoms with Gasteiger partial charge in [0, 0.05) is 80.6 Å². The summed E-state index contributed by atoms with van der Waals surface area (Å²) in [5, 5.41) is 19.8. The molecule has 5 rings (SSSR count). The number of carbonyl (C=O) groups excluding carboxylic acids is 2. The second-order valence-corrected chi connectivity index (χ2v) is 12.8. The van der Waals surface area contributed by atoms with Gasteiger partial charge in [0.25, 0.3) is 5.91 Å². The molecular formula is C36H40Cl2N4O6. The summed E-state index contributed by atoms with van der Waals surface area (Å²) in [6, 6.07) is 15.1. The fraction of sp³-hybridized carbons (Fsp3) is 0.361. The molecule has 1 aromatic heterocycles. The quantitative estimate of drug-likeness (QED) is 0.212. The van der Waals surface area contributed by atoms with Crippen LogP contribution in [0.5, 0.6) is 0 Å². The van der Waals surface area contributed by atoms with Crippen LogP contribution in [0.25, 0.3) is 0 Å². The average Bonchev–Trinajstić information content (AvgIpc) is 3.07. The van der Waals surface area contributed by atoms with Crippen molar-refractivity contribution in [2.45, 2.75) is 57.9 Å². The fourth-order valence-corrected chi connectivity index (χ4v) is 6.43. The van der Waals surface area contributed by atoms with Crippen LogP contribution in [0.3, 0.4) is 0 Å². The van der Waals surface area contributed by atoms with Gasteiger partial charge in [0.15, 0.2) is 0 Å². The van der Waals surface area contributed by atoms with E-state index in [1.54, 1.807) is 11.8 Å². The number of aromatic nitrogens is 1. The summed E-state index contributed by atoms with van der Waals surface area (Å²) in [6.45, 7) is 4.64. The molecule has 10 nitrogen and oxygen atoms in total. The van der Waals surface area contributed by atoms with Gasteiger partial charge in [-0.25, -0.2) is 9.59 Å². The van der Waals surface area contributed by atoms with Crippen molar-refractivity contribution in [2.24, 2.45) is 0 Å². The van der Waals surface area contributed by atoms with Crippen molar-refractivity contribution in [2.75, 3.05) is 32.0 Å². The molecule has 1 atom stereocenters. The minimum atomic E-state index is -1.26. The number of anilines is 1. The van der Waals surface area contributed by atoms with Crippen LogP contribution in [0.4, 0.5) is 5.69 Å². The zero-order chi connectivity index (χ0) is 34.8. The summed E-state index contributed by atoms with van der Waals surface area (Å²) in [5.74, 6) is -2.48. The Kier molecular flexibility index (Phi) is 13.1. The topological polar surface area (TPSA) is 140 Å². The first-order chi connectivity index (χ1) is 22.9. The van der Waals surface area contributed by atoms with Crippen LogP contribution in [-0.2, 0) is 40.2 Å². The van der Waals surface area contributed by atoms with E-state index in [2.05, 4.69) is 10.2 Å². The van der Waals surface area contributed by atoms with E-state index in [-0.39, 0.29) is 17.7 Å². The molecule has 3 N–H and O–H groups in total. The van der Waals surface area contributed by atoms with Crippen LogP contribution in [0.15, 0.2) is 60.7 Å². The predicted octanol–water partition coefficient (Wildman–Crippen LogP) is 6.24. The van der Waals surface area contributed by atoms with E-state index in [0.29, 0.717) is 34.3 Å². The van der Waals surface area contributed by atoms with Crippen molar-refractivity contribution in [3.63, 3.8) is 0 Å². The number of likely N-dealkylation sites (N-methyl/N-ethyl adjacent to an activating group) is 1. The van der Waals surface area contributed by atoms with E-state index in [0.717, 1.165) is 86.4 Å². The van der Waals surface area contributed by atoms with Gasteiger partial charge >= 0.3 is 11.9 Å². The Hall–Kier alpha value is -4.25. The van der Waals surface area contributed by atoms with Crippen LogP contribution in [-0.4, -0.2) is 75.4 Å². The van der Waals surface area contributed by atoms with E-state index in [4.69, 9.17) is 38.4 Å². The lowest BCUT2D eigenvalue weighted by molar-refractivity contribution is -0.134. The Balaban J connectivity index is 0.000000579. The lowest BCUT2D eigenvalue weighted by Crippen LogP contribution is -2.36. The van der Waals surface area contributed by atoms with Gasteiger partial charge in [0.05, 0.1) is 15.7 Å². The minimum Gasteiger partial charge on any atom is -0.478 e. The predicted molar refractivity (Wildman–Crippen MR) is 186 cm³/mol.